The van der Waals surface area contributed by atoms with Crippen LogP contribution in [0, 0.1) is 0 Å². The third kappa shape index (κ3) is 8.67. The van der Waals surface area contributed by atoms with Crippen molar-refractivity contribution in [3.63, 3.8) is 0 Å². The second-order valence-electron chi connectivity index (χ2n) is 15.9. The van der Waals surface area contributed by atoms with E-state index in [0.717, 1.165) is 39.7 Å². The van der Waals surface area contributed by atoms with Gasteiger partial charge in [0.2, 0.25) is 0 Å². The molecule has 288 valence electrons. The standard InChI is InChI=1S/C56H50N2Si/c1-6-14-48-41-49(24-19-42(48)7-2)47-29-35-54(36-30-47)57(50-15-10-8-11-16-50)52-31-25-45(26-32-52)43-20-22-44(23-21-43)46-27-33-53(34-28-46)58(51-17-12-9-13-18-51)55-37-39-56(40-38-55)59(3,4)5/h6-41H,2H2,1,3-5H3/b14-6-. The minimum Gasteiger partial charge on any atom is -0.311 e. The fraction of sp³-hybridized carbons (Fsp3) is 0.0714. The van der Waals surface area contributed by atoms with E-state index in [2.05, 4.69) is 248 Å². The Balaban J connectivity index is 1.02. The number of anilines is 6. The van der Waals surface area contributed by atoms with Crippen molar-refractivity contribution >= 4 is 59.5 Å². The van der Waals surface area contributed by atoms with Gasteiger partial charge in [0.25, 0.3) is 0 Å². The van der Waals surface area contributed by atoms with E-state index >= 15 is 0 Å². The second kappa shape index (κ2) is 17.3. The van der Waals surface area contributed by atoms with Gasteiger partial charge in [-0.05, 0) is 130 Å². The second-order valence-corrected chi connectivity index (χ2v) is 21.0. The number of nitrogens with zero attached hydrogens (tertiary/aromatic N) is 2. The summed E-state index contributed by atoms with van der Waals surface area (Å²) in [6.45, 7) is 13.2. The van der Waals surface area contributed by atoms with E-state index in [4.69, 9.17) is 0 Å². The molecule has 59 heavy (non-hydrogen) atoms. The van der Waals surface area contributed by atoms with E-state index < -0.39 is 8.07 Å². The highest BCUT2D eigenvalue weighted by Crippen LogP contribution is 2.38. The molecular formula is C56H50N2Si. The first-order chi connectivity index (χ1) is 28.8. The first kappa shape index (κ1) is 38.9. The van der Waals surface area contributed by atoms with Gasteiger partial charge in [0.05, 0.1) is 8.07 Å². The molecule has 0 N–H and O–H groups in total. The van der Waals surface area contributed by atoms with Crippen LogP contribution >= 0.6 is 0 Å². The summed E-state index contributed by atoms with van der Waals surface area (Å²) in [5.74, 6) is 0. The van der Waals surface area contributed by atoms with E-state index in [1.807, 2.05) is 13.0 Å². The fourth-order valence-corrected chi connectivity index (χ4v) is 8.85. The molecule has 0 aliphatic heterocycles. The Labute approximate surface area is 351 Å². The monoisotopic (exact) mass is 778 g/mol. The molecule has 0 bridgehead atoms. The van der Waals surface area contributed by atoms with Gasteiger partial charge in [0.1, 0.15) is 0 Å². The van der Waals surface area contributed by atoms with Crippen molar-refractivity contribution in [1.82, 2.24) is 0 Å². The number of allylic oxidation sites excluding steroid dienone is 1. The van der Waals surface area contributed by atoms with E-state index in [1.54, 1.807) is 0 Å². The lowest BCUT2D eigenvalue weighted by Crippen LogP contribution is -2.37. The van der Waals surface area contributed by atoms with Crippen LogP contribution in [0.3, 0.4) is 0 Å². The van der Waals surface area contributed by atoms with E-state index in [1.165, 1.54) is 44.1 Å². The van der Waals surface area contributed by atoms with Crippen molar-refractivity contribution in [2.45, 2.75) is 26.6 Å². The van der Waals surface area contributed by atoms with Gasteiger partial charge in [0.15, 0.2) is 0 Å². The predicted molar refractivity (Wildman–Crippen MR) is 260 cm³/mol. The molecule has 2 nitrogen and oxygen atoms in total. The molecule has 0 spiro atoms. The van der Waals surface area contributed by atoms with Gasteiger partial charge in [0, 0.05) is 34.1 Å². The SMILES string of the molecule is C=Cc1ccc(-c2ccc(N(c3ccccc3)c3ccc(-c4ccc(-c5ccc(N(c6ccccc6)c6ccc([Si](C)(C)C)cc6)cc5)cc4)cc3)cc2)cc1/C=C\C. The van der Waals surface area contributed by atoms with E-state index in [9.17, 15) is 0 Å². The lowest BCUT2D eigenvalue weighted by atomic mass is 9.98. The van der Waals surface area contributed by atoms with Crippen molar-refractivity contribution in [2.75, 3.05) is 9.80 Å². The van der Waals surface area contributed by atoms with Crippen LogP contribution in [0.25, 0.3) is 45.5 Å². The van der Waals surface area contributed by atoms with Gasteiger partial charge in [-0.15, -0.1) is 0 Å². The third-order valence-corrected chi connectivity index (χ3v) is 13.0. The summed E-state index contributed by atoms with van der Waals surface area (Å²) in [5, 5.41) is 1.46. The Morgan fingerprint density at radius 2 is 0.695 bits per heavy atom. The molecule has 8 aromatic rings. The molecule has 8 aromatic carbocycles. The highest BCUT2D eigenvalue weighted by atomic mass is 28.3. The molecule has 0 unspecified atom stereocenters. The van der Waals surface area contributed by atoms with Gasteiger partial charge < -0.3 is 9.80 Å². The maximum Gasteiger partial charge on any atom is 0.0775 e. The molecular weight excluding hydrogens is 729 g/mol. The summed E-state index contributed by atoms with van der Waals surface area (Å²) in [5.41, 5.74) is 16.2. The van der Waals surface area contributed by atoms with Crippen molar-refractivity contribution in [1.29, 1.82) is 0 Å². The Bertz CT molecular complexity index is 2660. The van der Waals surface area contributed by atoms with Crippen LogP contribution in [-0.4, -0.2) is 8.07 Å². The van der Waals surface area contributed by atoms with Gasteiger partial charge in [-0.2, -0.15) is 0 Å². The molecule has 0 aromatic heterocycles. The third-order valence-electron chi connectivity index (χ3n) is 10.9. The van der Waals surface area contributed by atoms with E-state index in [0.29, 0.717) is 0 Å². The zero-order valence-corrected chi connectivity index (χ0v) is 35.4. The molecule has 0 atom stereocenters. The molecule has 0 aliphatic rings. The van der Waals surface area contributed by atoms with Crippen LogP contribution in [0.15, 0.2) is 213 Å². The zero-order valence-electron chi connectivity index (χ0n) is 34.4. The molecule has 0 heterocycles. The fourth-order valence-electron chi connectivity index (χ4n) is 7.69. The molecule has 0 fully saturated rings. The summed E-state index contributed by atoms with van der Waals surface area (Å²) in [6, 6.07) is 72.5. The molecule has 8 rings (SSSR count). The van der Waals surface area contributed by atoms with E-state index in [-0.39, 0.29) is 0 Å². The predicted octanol–water partition coefficient (Wildman–Crippen LogP) is 15.8. The first-order valence-electron chi connectivity index (χ1n) is 20.4. The number of para-hydroxylation sites is 2. The Morgan fingerprint density at radius 1 is 0.373 bits per heavy atom. The minimum atomic E-state index is -1.39. The zero-order chi connectivity index (χ0) is 40.8. The topological polar surface area (TPSA) is 6.48 Å². The maximum atomic E-state index is 3.99. The van der Waals surface area contributed by atoms with Crippen molar-refractivity contribution in [3.8, 4) is 33.4 Å². The Morgan fingerprint density at radius 3 is 1.05 bits per heavy atom. The number of hydrogen-bond acceptors (Lipinski definition) is 2. The van der Waals surface area contributed by atoms with Gasteiger partial charge in [-0.1, -0.05) is 171 Å². The van der Waals surface area contributed by atoms with Gasteiger partial charge in [-0.3, -0.25) is 0 Å². The minimum absolute atomic E-state index is 1.10. The van der Waals surface area contributed by atoms with Crippen LogP contribution in [0.2, 0.25) is 19.6 Å². The lowest BCUT2D eigenvalue weighted by molar-refractivity contribution is 1.28. The average Bonchev–Trinajstić information content (AvgIpc) is 3.28. The molecule has 0 saturated heterocycles. The smallest absolute Gasteiger partial charge is 0.0775 e. The van der Waals surface area contributed by atoms with Crippen LogP contribution in [0.4, 0.5) is 34.1 Å². The normalized spacial score (nSPS) is 11.4. The van der Waals surface area contributed by atoms with Crippen molar-refractivity contribution in [2.24, 2.45) is 0 Å². The average molecular weight is 779 g/mol. The summed E-state index contributed by atoms with van der Waals surface area (Å²) >= 11 is 0. The molecule has 3 heteroatoms. The molecule has 0 saturated carbocycles. The Hall–Kier alpha value is -6.94. The summed E-state index contributed by atoms with van der Waals surface area (Å²) in [4.78, 5) is 4.65. The van der Waals surface area contributed by atoms with Gasteiger partial charge >= 0.3 is 0 Å². The number of hydrogen-bond donors (Lipinski definition) is 0. The number of benzene rings is 8. The summed E-state index contributed by atoms with van der Waals surface area (Å²) in [6.07, 6.45) is 6.12. The quantitative estimate of drug-likeness (QED) is 0.114. The molecule has 0 radical (unpaired) electrons. The largest absolute Gasteiger partial charge is 0.311 e. The highest BCUT2D eigenvalue weighted by molar-refractivity contribution is 6.88. The maximum absolute atomic E-state index is 3.99. The first-order valence-corrected chi connectivity index (χ1v) is 23.9. The van der Waals surface area contributed by atoms with Crippen LogP contribution in [0.5, 0.6) is 0 Å². The van der Waals surface area contributed by atoms with Crippen LogP contribution in [-0.2, 0) is 0 Å². The Kier molecular flexibility index (Phi) is 11.4. The van der Waals surface area contributed by atoms with Crippen LogP contribution in [0.1, 0.15) is 18.1 Å². The number of rotatable bonds is 12. The lowest BCUT2D eigenvalue weighted by Gasteiger charge is -2.26. The highest BCUT2D eigenvalue weighted by Gasteiger charge is 2.18. The summed E-state index contributed by atoms with van der Waals surface area (Å²) in [7, 11) is -1.39. The molecule has 0 amide bonds. The summed E-state index contributed by atoms with van der Waals surface area (Å²) < 4.78 is 0. The molecule has 0 aliphatic carbocycles. The van der Waals surface area contributed by atoms with Crippen molar-refractivity contribution < 1.29 is 0 Å². The van der Waals surface area contributed by atoms with Gasteiger partial charge in [-0.25, -0.2) is 0 Å². The van der Waals surface area contributed by atoms with Crippen LogP contribution < -0.4 is 15.0 Å². The van der Waals surface area contributed by atoms with Crippen molar-refractivity contribution in [3.05, 3.63) is 224 Å².